The number of esters is 7. The fourth-order valence-electron chi connectivity index (χ4n) is 4.40. The van der Waals surface area contributed by atoms with Gasteiger partial charge >= 0.3 is 41.8 Å². The molecular weight excluding hydrogens is 616 g/mol. The van der Waals surface area contributed by atoms with Gasteiger partial charge < -0.3 is 47.7 Å². The van der Waals surface area contributed by atoms with Crippen LogP contribution in [0.3, 0.4) is 0 Å². The minimum absolute atomic E-state index is 0.440. The molecule has 9 atom stereocenters. The topological polar surface area (TPSA) is 223 Å². The molecule has 2 aliphatic heterocycles. The molecule has 0 aliphatic carbocycles. The Balaban J connectivity index is 2.60. The number of ether oxygens (including phenoxy) is 9. The molecule has 0 aromatic heterocycles. The first-order chi connectivity index (χ1) is 20.4. The van der Waals surface area contributed by atoms with Crippen molar-refractivity contribution in [2.24, 2.45) is 0 Å². The zero-order chi connectivity index (χ0) is 33.4. The number of rotatable bonds is 11. The van der Waals surface area contributed by atoms with E-state index in [1.807, 2.05) is 0 Å². The Morgan fingerprint density at radius 1 is 0.614 bits per heavy atom. The highest BCUT2D eigenvalue weighted by molar-refractivity contribution is 8.01. The van der Waals surface area contributed by atoms with E-state index in [-0.39, 0.29) is 0 Å². The van der Waals surface area contributed by atoms with Crippen molar-refractivity contribution in [1.29, 1.82) is 0 Å². The minimum atomic E-state index is -2.33. The average molecular weight is 653 g/mol. The van der Waals surface area contributed by atoms with Crippen LogP contribution in [0.2, 0.25) is 0 Å². The Labute approximate surface area is 256 Å². The number of hydrogen-bond acceptors (Lipinski definition) is 18. The molecule has 248 valence electrons. The van der Waals surface area contributed by atoms with Gasteiger partial charge in [-0.3, -0.25) is 33.6 Å². The van der Waals surface area contributed by atoms with Crippen LogP contribution in [0.4, 0.5) is 0 Å². The van der Waals surface area contributed by atoms with Gasteiger partial charge in [0.1, 0.15) is 37.0 Å². The molecule has 1 N–H and O–H groups in total. The molecule has 0 radical (unpaired) electrons. The van der Waals surface area contributed by atoms with E-state index < -0.39 is 115 Å². The number of thioether (sulfide) groups is 1. The number of hydrogen-bond donors (Lipinski definition) is 1. The molecule has 0 amide bonds. The Morgan fingerprint density at radius 3 is 1.55 bits per heavy atom. The summed E-state index contributed by atoms with van der Waals surface area (Å²) in [4.78, 5) is 80.9. The van der Waals surface area contributed by atoms with Crippen LogP contribution in [0, 0.1) is 0 Å². The van der Waals surface area contributed by atoms with Gasteiger partial charge in [-0.05, 0) is 0 Å². The minimum Gasteiger partial charge on any atom is -0.463 e. The van der Waals surface area contributed by atoms with Crippen molar-refractivity contribution in [2.45, 2.75) is 108 Å². The summed E-state index contributed by atoms with van der Waals surface area (Å²) in [5.41, 5.74) is -1.51. The van der Waals surface area contributed by atoms with E-state index in [0.29, 0.717) is 11.8 Å². The van der Waals surface area contributed by atoms with Crippen LogP contribution in [0.25, 0.3) is 0 Å². The van der Waals surface area contributed by atoms with E-state index in [2.05, 4.69) is 0 Å². The van der Waals surface area contributed by atoms with Gasteiger partial charge in [0.2, 0.25) is 6.29 Å². The van der Waals surface area contributed by atoms with Crippen molar-refractivity contribution in [2.75, 3.05) is 13.2 Å². The summed E-state index contributed by atoms with van der Waals surface area (Å²) in [5.74, 6) is -5.70. The van der Waals surface area contributed by atoms with E-state index >= 15 is 0 Å². The second-order valence-corrected chi connectivity index (χ2v) is 11.2. The third-order valence-electron chi connectivity index (χ3n) is 5.88. The van der Waals surface area contributed by atoms with Crippen LogP contribution in [-0.2, 0) is 76.2 Å². The molecule has 2 saturated heterocycles. The summed E-state index contributed by atoms with van der Waals surface area (Å²) in [6.45, 7) is 6.52. The van der Waals surface area contributed by atoms with Crippen LogP contribution in [0.1, 0.15) is 54.9 Å². The lowest BCUT2D eigenvalue weighted by molar-refractivity contribution is -0.277. The lowest BCUT2D eigenvalue weighted by Crippen LogP contribution is -2.64. The predicted octanol–water partition coefficient (Wildman–Crippen LogP) is -0.336. The summed E-state index contributed by atoms with van der Waals surface area (Å²) in [5, 5.41) is 11.9. The Morgan fingerprint density at radius 2 is 1.07 bits per heavy atom. The molecule has 0 bridgehead atoms. The van der Waals surface area contributed by atoms with Crippen molar-refractivity contribution in [3.63, 3.8) is 0 Å². The summed E-state index contributed by atoms with van der Waals surface area (Å²) in [6.07, 6.45) is -10.7. The third-order valence-corrected chi connectivity index (χ3v) is 7.26. The molecule has 0 spiro atoms. The molecular formula is C26H36O17S. The van der Waals surface area contributed by atoms with Crippen LogP contribution in [0.15, 0.2) is 0 Å². The maximum Gasteiger partial charge on any atom is 0.305 e. The normalized spacial score (nSPS) is 31.5. The van der Waals surface area contributed by atoms with Crippen LogP contribution < -0.4 is 0 Å². The second-order valence-electron chi connectivity index (χ2n) is 9.80. The highest BCUT2D eigenvalue weighted by Crippen LogP contribution is 2.46. The SMILES string of the molecule is CC(=O)OC[C@H]1O[C@@H](S[C@@]2(O)C[C@H](OC(C)=O)[C@@H](COC(C)=O)OC2OC(C)=O)[C@H](OC(C)=O)[C@@H](OC(C)=O)[C@H]1OC(C)=O. The monoisotopic (exact) mass is 652 g/mol. The zero-order valence-corrected chi connectivity index (χ0v) is 25.9. The molecule has 0 aromatic carbocycles. The van der Waals surface area contributed by atoms with Crippen molar-refractivity contribution in [3.05, 3.63) is 0 Å². The smallest absolute Gasteiger partial charge is 0.305 e. The fraction of sp³-hybridized carbons (Fsp3) is 0.731. The molecule has 44 heavy (non-hydrogen) atoms. The second kappa shape index (κ2) is 16.0. The first-order valence-corrected chi connectivity index (χ1v) is 14.1. The highest BCUT2D eigenvalue weighted by atomic mass is 32.2. The van der Waals surface area contributed by atoms with Crippen molar-refractivity contribution in [1.82, 2.24) is 0 Å². The maximum atomic E-state index is 12.2. The van der Waals surface area contributed by atoms with Gasteiger partial charge in [-0.2, -0.15) is 0 Å². The summed E-state index contributed by atoms with van der Waals surface area (Å²) in [6, 6.07) is 0. The first-order valence-electron chi connectivity index (χ1n) is 13.3. The molecule has 1 unspecified atom stereocenters. The van der Waals surface area contributed by atoms with Crippen LogP contribution in [-0.4, -0.2) is 113 Å². The van der Waals surface area contributed by atoms with Crippen molar-refractivity contribution >= 4 is 53.5 Å². The highest BCUT2D eigenvalue weighted by Gasteiger charge is 2.59. The van der Waals surface area contributed by atoms with Gasteiger partial charge in [-0.1, -0.05) is 11.8 Å². The molecule has 0 saturated carbocycles. The molecule has 2 heterocycles. The van der Waals surface area contributed by atoms with E-state index in [1.165, 1.54) is 0 Å². The summed E-state index contributed by atoms with van der Waals surface area (Å²) in [7, 11) is 0. The lowest BCUT2D eigenvalue weighted by atomic mass is 9.99. The zero-order valence-electron chi connectivity index (χ0n) is 25.1. The number of carbonyl (C=O) groups excluding carboxylic acids is 7. The largest absolute Gasteiger partial charge is 0.463 e. The van der Waals surface area contributed by atoms with E-state index in [0.717, 1.165) is 48.5 Å². The van der Waals surface area contributed by atoms with Gasteiger partial charge in [0, 0.05) is 54.9 Å². The van der Waals surface area contributed by atoms with Gasteiger partial charge in [0.05, 0.1) is 0 Å². The molecule has 0 aromatic rings. The lowest BCUT2D eigenvalue weighted by Gasteiger charge is -2.49. The average Bonchev–Trinajstić information content (AvgIpc) is 2.85. The standard InChI is InChI=1S/C26H36O17S/c1-11(27)35-9-19-18(37-13(3)29)8-26(34,25(43-19)41-17(7)33)44-24-23(40-16(6)32)22(39-15(5)31)21(38-14(4)30)20(42-24)10-36-12(2)28/h18-25,34H,8-10H2,1-7H3/t18-,19+,20+,21-,22-,23+,24-,25?,26-/m0/s1. The van der Waals surface area contributed by atoms with Crippen molar-refractivity contribution in [3.8, 4) is 0 Å². The van der Waals surface area contributed by atoms with Gasteiger partial charge in [0.15, 0.2) is 23.2 Å². The Hall–Kier alpha value is -3.48. The van der Waals surface area contributed by atoms with Gasteiger partial charge in [-0.15, -0.1) is 0 Å². The van der Waals surface area contributed by atoms with Crippen molar-refractivity contribution < 1.29 is 81.3 Å². The van der Waals surface area contributed by atoms with Gasteiger partial charge in [0.25, 0.3) is 0 Å². The number of aliphatic hydroxyl groups is 1. The summed E-state index contributed by atoms with van der Waals surface area (Å²) >= 11 is 0.474. The first kappa shape index (κ1) is 36.7. The predicted molar refractivity (Wildman–Crippen MR) is 142 cm³/mol. The molecule has 17 nitrogen and oxygen atoms in total. The van der Waals surface area contributed by atoms with Crippen LogP contribution in [0.5, 0.6) is 0 Å². The maximum absolute atomic E-state index is 12.2. The third kappa shape index (κ3) is 10.9. The Bertz CT molecular complexity index is 1110. The molecule has 18 heteroatoms. The fourth-order valence-corrected chi connectivity index (χ4v) is 5.82. The van der Waals surface area contributed by atoms with E-state index in [9.17, 15) is 38.7 Å². The molecule has 2 aliphatic rings. The summed E-state index contributed by atoms with van der Waals surface area (Å²) < 4.78 is 48.5. The van der Waals surface area contributed by atoms with Crippen LogP contribution >= 0.6 is 11.8 Å². The van der Waals surface area contributed by atoms with E-state index in [4.69, 9.17) is 42.6 Å². The van der Waals surface area contributed by atoms with E-state index in [1.54, 1.807) is 0 Å². The van der Waals surface area contributed by atoms with Gasteiger partial charge in [-0.25, -0.2) is 0 Å². The molecule has 2 rings (SSSR count). The quantitative estimate of drug-likeness (QED) is 0.171. The number of carbonyl (C=O) groups is 7. The Kier molecular flexibility index (Phi) is 13.4. The molecule has 2 fully saturated rings.